The molecule has 1 aromatic carbocycles. The van der Waals surface area contributed by atoms with Crippen LogP contribution in [0.1, 0.15) is 32.8 Å². The summed E-state index contributed by atoms with van der Waals surface area (Å²) < 4.78 is 0. The highest BCUT2D eigenvalue weighted by atomic mass is 16.3. The molecule has 0 amide bonds. The third kappa shape index (κ3) is 2.12. The van der Waals surface area contributed by atoms with Crippen molar-refractivity contribution in [3.05, 3.63) is 35.9 Å². The van der Waals surface area contributed by atoms with Crippen molar-refractivity contribution in [3.63, 3.8) is 0 Å². The fourth-order valence-electron chi connectivity index (χ4n) is 2.89. The molecule has 2 rings (SSSR count). The summed E-state index contributed by atoms with van der Waals surface area (Å²) in [6, 6.07) is 10.1. The van der Waals surface area contributed by atoms with E-state index in [1.807, 2.05) is 30.3 Å². The van der Waals surface area contributed by atoms with E-state index in [1.54, 1.807) is 0 Å². The van der Waals surface area contributed by atoms with Crippen molar-refractivity contribution in [2.45, 2.75) is 38.3 Å². The van der Waals surface area contributed by atoms with Crippen molar-refractivity contribution in [3.8, 4) is 0 Å². The molecule has 1 N–H and O–H groups in total. The van der Waals surface area contributed by atoms with E-state index < -0.39 is 5.60 Å². The zero-order valence-corrected chi connectivity index (χ0v) is 11.3. The van der Waals surface area contributed by atoms with Crippen LogP contribution in [0.5, 0.6) is 0 Å². The highest BCUT2D eigenvalue weighted by Gasteiger charge is 2.46. The second kappa shape index (κ2) is 4.11. The predicted octanol–water partition coefficient (Wildman–Crippen LogP) is 2.62. The van der Waals surface area contributed by atoms with Gasteiger partial charge in [-0.15, -0.1) is 0 Å². The van der Waals surface area contributed by atoms with E-state index in [0.29, 0.717) is 0 Å². The lowest BCUT2D eigenvalue weighted by Crippen LogP contribution is -2.57. The van der Waals surface area contributed by atoms with Crippen LogP contribution in [0.15, 0.2) is 30.3 Å². The van der Waals surface area contributed by atoms with Gasteiger partial charge in [0.05, 0.1) is 5.60 Å². The molecule has 0 aliphatic carbocycles. The molecule has 2 nitrogen and oxygen atoms in total. The maximum atomic E-state index is 11.0. The number of nitrogens with zero attached hydrogens (tertiary/aromatic N) is 1. The van der Waals surface area contributed by atoms with E-state index in [-0.39, 0.29) is 11.5 Å². The highest BCUT2D eigenvalue weighted by molar-refractivity contribution is 5.25. The number of piperidine rings is 1. The molecule has 1 aliphatic heterocycles. The summed E-state index contributed by atoms with van der Waals surface area (Å²) in [5, 5.41) is 11.0. The van der Waals surface area contributed by atoms with Gasteiger partial charge in [-0.1, -0.05) is 37.3 Å². The molecule has 1 fully saturated rings. The lowest BCUT2D eigenvalue weighted by Gasteiger charge is -2.51. The third-order valence-corrected chi connectivity index (χ3v) is 4.37. The summed E-state index contributed by atoms with van der Waals surface area (Å²) in [6.07, 6.45) is 0.779. The Bertz CT molecular complexity index is 387. The molecular weight excluding hydrogens is 210 g/mol. The molecular formula is C15H23NO. The first-order valence-electron chi connectivity index (χ1n) is 6.35. The molecule has 0 radical (unpaired) electrons. The van der Waals surface area contributed by atoms with E-state index in [4.69, 9.17) is 0 Å². The van der Waals surface area contributed by atoms with Crippen LogP contribution in [-0.2, 0) is 5.60 Å². The molecule has 17 heavy (non-hydrogen) atoms. The summed E-state index contributed by atoms with van der Waals surface area (Å²) >= 11 is 0. The Kier molecular flexibility index (Phi) is 3.04. The molecule has 0 aromatic heterocycles. The van der Waals surface area contributed by atoms with Gasteiger partial charge in [-0.05, 0) is 32.9 Å². The van der Waals surface area contributed by atoms with Gasteiger partial charge in [0.15, 0.2) is 0 Å². The molecule has 2 atom stereocenters. The monoisotopic (exact) mass is 233 g/mol. The lowest BCUT2D eigenvalue weighted by molar-refractivity contribution is -0.112. The Balaban J connectivity index is 2.37. The van der Waals surface area contributed by atoms with Gasteiger partial charge in [-0.3, -0.25) is 0 Å². The van der Waals surface area contributed by atoms with Crippen LogP contribution in [0.4, 0.5) is 0 Å². The van der Waals surface area contributed by atoms with Crippen LogP contribution in [0, 0.1) is 5.92 Å². The molecule has 1 heterocycles. The van der Waals surface area contributed by atoms with E-state index in [9.17, 15) is 5.11 Å². The van der Waals surface area contributed by atoms with Gasteiger partial charge in [0, 0.05) is 18.0 Å². The van der Waals surface area contributed by atoms with Crippen LogP contribution in [0.2, 0.25) is 0 Å². The first-order valence-corrected chi connectivity index (χ1v) is 6.35. The normalized spacial score (nSPS) is 33.6. The van der Waals surface area contributed by atoms with Gasteiger partial charge in [-0.2, -0.15) is 0 Å². The van der Waals surface area contributed by atoms with Gasteiger partial charge in [0.2, 0.25) is 0 Å². The number of hydrogen-bond donors (Lipinski definition) is 1. The zero-order valence-electron chi connectivity index (χ0n) is 11.3. The maximum absolute atomic E-state index is 11.0. The SMILES string of the molecule is C[C@H]1CN(C)C(C)(C)C[C@@]1(O)c1ccccc1. The van der Waals surface area contributed by atoms with E-state index in [1.165, 1.54) is 0 Å². The topological polar surface area (TPSA) is 23.5 Å². The largest absolute Gasteiger partial charge is 0.385 e. The lowest BCUT2D eigenvalue weighted by atomic mass is 9.70. The summed E-state index contributed by atoms with van der Waals surface area (Å²) in [5.74, 6) is 0.253. The number of hydrogen-bond acceptors (Lipinski definition) is 2. The minimum absolute atomic E-state index is 0.0388. The van der Waals surface area contributed by atoms with Crippen LogP contribution >= 0.6 is 0 Å². The van der Waals surface area contributed by atoms with Crippen LogP contribution in [0.25, 0.3) is 0 Å². The van der Waals surface area contributed by atoms with Crippen LogP contribution in [0.3, 0.4) is 0 Å². The number of aliphatic hydroxyl groups is 1. The standard InChI is InChI=1S/C15H23NO/c1-12-10-16(4)14(2,3)11-15(12,17)13-8-6-5-7-9-13/h5-9,12,17H,10-11H2,1-4H3/t12-,15-/m0/s1. The third-order valence-electron chi connectivity index (χ3n) is 4.37. The number of benzene rings is 1. The molecule has 0 saturated carbocycles. The average Bonchev–Trinajstić information content (AvgIpc) is 2.27. The summed E-state index contributed by atoms with van der Waals surface area (Å²) in [7, 11) is 2.14. The van der Waals surface area contributed by atoms with Gasteiger partial charge in [-0.25, -0.2) is 0 Å². The Hall–Kier alpha value is -0.860. The summed E-state index contributed by atoms with van der Waals surface area (Å²) in [4.78, 5) is 2.34. The van der Waals surface area contributed by atoms with Crippen molar-refractivity contribution in [1.29, 1.82) is 0 Å². The van der Waals surface area contributed by atoms with Crippen LogP contribution < -0.4 is 0 Å². The van der Waals surface area contributed by atoms with Crippen molar-refractivity contribution >= 4 is 0 Å². The van der Waals surface area contributed by atoms with Crippen LogP contribution in [-0.4, -0.2) is 29.1 Å². The van der Waals surface area contributed by atoms with Crippen molar-refractivity contribution in [2.24, 2.45) is 5.92 Å². The fourth-order valence-corrected chi connectivity index (χ4v) is 2.89. The molecule has 0 bridgehead atoms. The fraction of sp³-hybridized carbons (Fsp3) is 0.600. The van der Waals surface area contributed by atoms with Crippen molar-refractivity contribution in [2.75, 3.05) is 13.6 Å². The molecule has 1 saturated heterocycles. The first kappa shape index (κ1) is 12.6. The van der Waals surface area contributed by atoms with Gasteiger partial charge >= 0.3 is 0 Å². The average molecular weight is 233 g/mol. The maximum Gasteiger partial charge on any atom is 0.0951 e. The Morgan fingerprint density at radius 3 is 2.41 bits per heavy atom. The van der Waals surface area contributed by atoms with Gasteiger partial charge in [0.25, 0.3) is 0 Å². The molecule has 0 unspecified atom stereocenters. The summed E-state index contributed by atoms with van der Waals surface area (Å²) in [6.45, 7) is 7.47. The Morgan fingerprint density at radius 2 is 1.82 bits per heavy atom. The number of likely N-dealkylation sites (tertiary alicyclic amines) is 1. The number of rotatable bonds is 1. The second-order valence-corrected chi connectivity index (χ2v) is 6.06. The highest BCUT2D eigenvalue weighted by Crippen LogP contribution is 2.43. The predicted molar refractivity (Wildman–Crippen MR) is 70.8 cm³/mol. The van der Waals surface area contributed by atoms with E-state index in [2.05, 4.69) is 32.7 Å². The minimum Gasteiger partial charge on any atom is -0.385 e. The molecule has 94 valence electrons. The van der Waals surface area contributed by atoms with Crippen molar-refractivity contribution in [1.82, 2.24) is 4.90 Å². The second-order valence-electron chi connectivity index (χ2n) is 6.06. The Morgan fingerprint density at radius 1 is 1.24 bits per heavy atom. The quantitative estimate of drug-likeness (QED) is 0.806. The molecule has 1 aliphatic rings. The molecule has 0 spiro atoms. The minimum atomic E-state index is -0.697. The first-order chi connectivity index (χ1) is 7.86. The zero-order chi connectivity index (χ0) is 12.7. The van der Waals surface area contributed by atoms with Gasteiger partial charge in [0.1, 0.15) is 0 Å². The molecule has 1 aromatic rings. The van der Waals surface area contributed by atoms with Gasteiger partial charge < -0.3 is 10.0 Å². The smallest absolute Gasteiger partial charge is 0.0951 e. The summed E-state index contributed by atoms with van der Waals surface area (Å²) in [5.41, 5.74) is 0.391. The van der Waals surface area contributed by atoms with E-state index in [0.717, 1.165) is 18.5 Å². The Labute approximate surface area is 104 Å². The van der Waals surface area contributed by atoms with Crippen molar-refractivity contribution < 1.29 is 5.11 Å². The van der Waals surface area contributed by atoms with E-state index >= 15 is 0 Å². The molecule has 2 heteroatoms.